The summed E-state index contributed by atoms with van der Waals surface area (Å²) in [6, 6.07) is 4.76. The van der Waals surface area contributed by atoms with E-state index < -0.39 is 5.97 Å². The molecule has 6 heteroatoms. The fraction of sp³-hybridized carbons (Fsp3) is 0.231. The van der Waals surface area contributed by atoms with Crippen molar-refractivity contribution in [3.05, 3.63) is 40.2 Å². The van der Waals surface area contributed by atoms with Crippen molar-refractivity contribution < 1.29 is 13.9 Å². The quantitative estimate of drug-likeness (QED) is 0.875. The Morgan fingerprint density at radius 1 is 1.42 bits per heavy atom. The predicted molar refractivity (Wildman–Crippen MR) is 72.6 cm³/mol. The van der Waals surface area contributed by atoms with Gasteiger partial charge in [-0.25, -0.2) is 14.2 Å². The Kier molecular flexibility index (Phi) is 3.80. The van der Waals surface area contributed by atoms with Gasteiger partial charge in [-0.1, -0.05) is 6.07 Å². The number of nitrogens with zero attached hydrogens (tertiary/aromatic N) is 1. The SMILES string of the molecule is COC(=O)c1nc(Nc2cc(C)ccc2F)sc1C. The summed E-state index contributed by atoms with van der Waals surface area (Å²) in [4.78, 5) is 16.3. The van der Waals surface area contributed by atoms with Gasteiger partial charge in [0.15, 0.2) is 10.8 Å². The molecule has 0 bridgehead atoms. The van der Waals surface area contributed by atoms with Crippen molar-refractivity contribution in [1.82, 2.24) is 4.98 Å². The van der Waals surface area contributed by atoms with Gasteiger partial charge in [0.1, 0.15) is 5.82 Å². The average molecular weight is 280 g/mol. The lowest BCUT2D eigenvalue weighted by atomic mass is 10.2. The first-order valence-electron chi connectivity index (χ1n) is 5.60. The highest BCUT2D eigenvalue weighted by Gasteiger charge is 2.16. The lowest BCUT2D eigenvalue weighted by Gasteiger charge is -2.04. The Balaban J connectivity index is 2.29. The number of nitrogens with one attached hydrogen (secondary N) is 1. The molecule has 0 fully saturated rings. The van der Waals surface area contributed by atoms with Gasteiger partial charge in [0.25, 0.3) is 0 Å². The maximum atomic E-state index is 13.6. The van der Waals surface area contributed by atoms with Gasteiger partial charge in [-0.15, -0.1) is 11.3 Å². The molecule has 1 heterocycles. The van der Waals surface area contributed by atoms with Crippen LogP contribution in [0.5, 0.6) is 0 Å². The summed E-state index contributed by atoms with van der Waals surface area (Å²) in [6.07, 6.45) is 0. The van der Waals surface area contributed by atoms with Crippen LogP contribution in [0.1, 0.15) is 20.9 Å². The topological polar surface area (TPSA) is 51.2 Å². The first kappa shape index (κ1) is 13.5. The Morgan fingerprint density at radius 3 is 2.84 bits per heavy atom. The van der Waals surface area contributed by atoms with Crippen LogP contribution in [0.4, 0.5) is 15.2 Å². The highest BCUT2D eigenvalue weighted by Crippen LogP contribution is 2.27. The Labute approximate surface area is 114 Å². The molecule has 19 heavy (non-hydrogen) atoms. The molecule has 0 radical (unpaired) electrons. The molecule has 1 aromatic heterocycles. The van der Waals surface area contributed by atoms with Crippen LogP contribution in [0.25, 0.3) is 0 Å². The van der Waals surface area contributed by atoms with Crippen LogP contribution in [0.15, 0.2) is 18.2 Å². The number of esters is 1. The number of aryl methyl sites for hydroxylation is 2. The predicted octanol–water partition coefficient (Wildman–Crippen LogP) is 3.43. The van der Waals surface area contributed by atoms with Crippen molar-refractivity contribution in [2.24, 2.45) is 0 Å². The van der Waals surface area contributed by atoms with Gasteiger partial charge in [0.05, 0.1) is 12.8 Å². The molecular weight excluding hydrogens is 267 g/mol. The number of thiazole rings is 1. The molecule has 100 valence electrons. The number of carbonyl (C=O) groups is 1. The second kappa shape index (κ2) is 5.36. The molecule has 0 aliphatic rings. The largest absolute Gasteiger partial charge is 0.464 e. The number of hydrogen-bond acceptors (Lipinski definition) is 5. The molecule has 0 saturated heterocycles. The van der Waals surface area contributed by atoms with E-state index in [9.17, 15) is 9.18 Å². The summed E-state index contributed by atoms with van der Waals surface area (Å²) < 4.78 is 18.2. The van der Waals surface area contributed by atoms with Crippen molar-refractivity contribution >= 4 is 28.1 Å². The standard InChI is InChI=1S/C13H13FN2O2S/c1-7-4-5-9(14)10(6-7)15-13-16-11(8(2)19-13)12(17)18-3/h4-6H,1-3H3,(H,15,16). The Morgan fingerprint density at radius 2 is 2.16 bits per heavy atom. The number of halogens is 1. The lowest BCUT2D eigenvalue weighted by molar-refractivity contribution is 0.0594. The van der Waals surface area contributed by atoms with E-state index in [0.717, 1.165) is 10.4 Å². The number of carbonyl (C=O) groups excluding carboxylic acids is 1. The highest BCUT2D eigenvalue weighted by atomic mass is 32.1. The summed E-state index contributed by atoms with van der Waals surface area (Å²) >= 11 is 1.28. The van der Waals surface area contributed by atoms with Crippen LogP contribution >= 0.6 is 11.3 Å². The second-order valence-electron chi connectivity index (χ2n) is 4.02. The van der Waals surface area contributed by atoms with Crippen molar-refractivity contribution in [2.45, 2.75) is 13.8 Å². The molecule has 2 rings (SSSR count). The fourth-order valence-electron chi connectivity index (χ4n) is 1.59. The fourth-order valence-corrected chi connectivity index (χ4v) is 2.40. The normalized spacial score (nSPS) is 10.3. The van der Waals surface area contributed by atoms with Crippen LogP contribution in [-0.4, -0.2) is 18.1 Å². The van der Waals surface area contributed by atoms with Crippen molar-refractivity contribution in [3.63, 3.8) is 0 Å². The number of hydrogen-bond donors (Lipinski definition) is 1. The van der Waals surface area contributed by atoms with Gasteiger partial charge in [-0.2, -0.15) is 0 Å². The van der Waals surface area contributed by atoms with E-state index in [-0.39, 0.29) is 11.5 Å². The molecule has 2 aromatic rings. The Hall–Kier alpha value is -1.95. The number of benzene rings is 1. The zero-order chi connectivity index (χ0) is 14.0. The van der Waals surface area contributed by atoms with E-state index in [4.69, 9.17) is 0 Å². The van der Waals surface area contributed by atoms with Crippen molar-refractivity contribution in [3.8, 4) is 0 Å². The van der Waals surface area contributed by atoms with Crippen molar-refractivity contribution in [2.75, 3.05) is 12.4 Å². The highest BCUT2D eigenvalue weighted by molar-refractivity contribution is 7.15. The zero-order valence-electron chi connectivity index (χ0n) is 10.8. The number of aromatic nitrogens is 1. The van der Waals surface area contributed by atoms with E-state index in [0.29, 0.717) is 10.8 Å². The summed E-state index contributed by atoms with van der Waals surface area (Å²) in [7, 11) is 1.30. The van der Waals surface area contributed by atoms with E-state index in [2.05, 4.69) is 15.0 Å². The molecule has 4 nitrogen and oxygen atoms in total. The van der Waals surface area contributed by atoms with E-state index in [1.807, 2.05) is 6.92 Å². The van der Waals surface area contributed by atoms with Crippen LogP contribution in [0.2, 0.25) is 0 Å². The van der Waals surface area contributed by atoms with Gasteiger partial charge in [0, 0.05) is 4.88 Å². The minimum Gasteiger partial charge on any atom is -0.464 e. The van der Waals surface area contributed by atoms with Crippen LogP contribution < -0.4 is 5.32 Å². The molecule has 1 aromatic carbocycles. The monoisotopic (exact) mass is 280 g/mol. The maximum absolute atomic E-state index is 13.6. The number of methoxy groups -OCH3 is 1. The molecule has 1 N–H and O–H groups in total. The van der Waals surface area contributed by atoms with Crippen LogP contribution in [-0.2, 0) is 4.74 Å². The van der Waals surface area contributed by atoms with Gasteiger partial charge >= 0.3 is 5.97 Å². The smallest absolute Gasteiger partial charge is 0.357 e. The molecule has 0 saturated carbocycles. The van der Waals surface area contributed by atoms with Crippen LogP contribution in [0, 0.1) is 19.7 Å². The zero-order valence-corrected chi connectivity index (χ0v) is 11.6. The third-order valence-corrected chi connectivity index (χ3v) is 3.43. The van der Waals surface area contributed by atoms with E-state index in [1.54, 1.807) is 19.1 Å². The number of rotatable bonds is 3. The summed E-state index contributed by atoms with van der Waals surface area (Å²) in [5.41, 5.74) is 1.53. The average Bonchev–Trinajstić information content (AvgIpc) is 2.74. The third kappa shape index (κ3) is 2.90. The summed E-state index contributed by atoms with van der Waals surface area (Å²) in [5.74, 6) is -0.857. The minimum atomic E-state index is -0.494. The first-order chi connectivity index (χ1) is 9.01. The molecule has 0 unspecified atom stereocenters. The summed E-state index contributed by atoms with van der Waals surface area (Å²) in [5, 5.41) is 3.34. The van der Waals surface area contributed by atoms with Gasteiger partial charge in [-0.05, 0) is 31.5 Å². The molecule has 0 aliphatic heterocycles. The van der Waals surface area contributed by atoms with Gasteiger partial charge in [-0.3, -0.25) is 0 Å². The van der Waals surface area contributed by atoms with E-state index >= 15 is 0 Å². The molecule has 0 amide bonds. The molecular formula is C13H13FN2O2S. The Bertz CT molecular complexity index is 625. The second-order valence-corrected chi connectivity index (χ2v) is 5.23. The number of anilines is 2. The van der Waals surface area contributed by atoms with Crippen LogP contribution in [0.3, 0.4) is 0 Å². The van der Waals surface area contributed by atoms with Gasteiger partial charge < -0.3 is 10.1 Å². The third-order valence-electron chi connectivity index (χ3n) is 2.54. The molecule has 0 atom stereocenters. The maximum Gasteiger partial charge on any atom is 0.357 e. The molecule has 0 aliphatic carbocycles. The minimum absolute atomic E-state index is 0.253. The first-order valence-corrected chi connectivity index (χ1v) is 6.42. The lowest BCUT2D eigenvalue weighted by Crippen LogP contribution is -2.03. The number of ether oxygens (including phenoxy) is 1. The summed E-state index contributed by atoms with van der Waals surface area (Å²) in [6.45, 7) is 3.64. The molecule has 0 spiro atoms. The van der Waals surface area contributed by atoms with Crippen molar-refractivity contribution in [1.29, 1.82) is 0 Å². The van der Waals surface area contributed by atoms with Gasteiger partial charge in [0.2, 0.25) is 0 Å². The van der Waals surface area contributed by atoms with E-state index in [1.165, 1.54) is 24.5 Å².